The minimum Gasteiger partial charge on any atom is -0.331 e. The predicted octanol–water partition coefficient (Wildman–Crippen LogP) is 3.59. The maximum absolute atomic E-state index is 13.0. The molecule has 1 amide bonds. The maximum Gasteiger partial charge on any atom is 0.254 e. The van der Waals surface area contributed by atoms with Crippen LogP contribution in [0.15, 0.2) is 54.6 Å². The Bertz CT molecular complexity index is 647. The summed E-state index contributed by atoms with van der Waals surface area (Å²) in [6.45, 7) is 3.34. The first-order valence-electron chi connectivity index (χ1n) is 8.33. The van der Waals surface area contributed by atoms with E-state index in [4.69, 9.17) is 5.73 Å². The number of carbonyl (C=O) groups excluding carboxylic acids is 1. The average molecular weight is 308 g/mol. The zero-order valence-corrected chi connectivity index (χ0v) is 13.6. The van der Waals surface area contributed by atoms with Crippen LogP contribution in [0, 0.1) is 5.92 Å². The molecule has 0 radical (unpaired) electrons. The number of amides is 1. The smallest absolute Gasteiger partial charge is 0.254 e. The summed E-state index contributed by atoms with van der Waals surface area (Å²) in [4.78, 5) is 15.0. The van der Waals surface area contributed by atoms with Crippen LogP contribution in [0.2, 0.25) is 0 Å². The largest absolute Gasteiger partial charge is 0.331 e. The first-order valence-corrected chi connectivity index (χ1v) is 8.33. The fourth-order valence-electron chi connectivity index (χ4n) is 2.96. The molecule has 3 heteroatoms. The molecule has 0 heterocycles. The second-order valence-corrected chi connectivity index (χ2v) is 6.40. The summed E-state index contributed by atoms with van der Waals surface area (Å²) >= 11 is 0. The molecule has 1 aliphatic rings. The third-order valence-electron chi connectivity index (χ3n) is 4.69. The maximum atomic E-state index is 13.0. The van der Waals surface area contributed by atoms with Gasteiger partial charge in [0, 0.05) is 24.7 Å². The van der Waals surface area contributed by atoms with Crippen molar-refractivity contribution in [1.29, 1.82) is 0 Å². The molecule has 0 aromatic heterocycles. The Kier molecular flexibility index (Phi) is 4.77. The molecule has 3 rings (SSSR count). The zero-order valence-electron chi connectivity index (χ0n) is 13.6. The third kappa shape index (κ3) is 3.80. The Balaban J connectivity index is 1.82. The number of hydrogen-bond acceptors (Lipinski definition) is 2. The van der Waals surface area contributed by atoms with E-state index in [1.807, 2.05) is 47.4 Å². The molecule has 0 aliphatic heterocycles. The Hall–Kier alpha value is -2.13. The molecule has 1 atom stereocenters. The molecule has 0 bridgehead atoms. The van der Waals surface area contributed by atoms with Crippen LogP contribution in [0.4, 0.5) is 0 Å². The molecule has 1 saturated carbocycles. The Morgan fingerprint density at radius 3 is 2.30 bits per heavy atom. The molecule has 120 valence electrons. The van der Waals surface area contributed by atoms with Crippen LogP contribution in [0.1, 0.15) is 41.3 Å². The molecule has 0 saturated heterocycles. The Morgan fingerprint density at radius 2 is 1.74 bits per heavy atom. The van der Waals surface area contributed by atoms with Gasteiger partial charge in [0.2, 0.25) is 0 Å². The van der Waals surface area contributed by atoms with Crippen LogP contribution in [-0.4, -0.2) is 16.8 Å². The van der Waals surface area contributed by atoms with Crippen molar-refractivity contribution >= 4 is 5.91 Å². The number of nitrogens with two attached hydrogens (primary N) is 1. The summed E-state index contributed by atoms with van der Waals surface area (Å²) in [5, 5.41) is 0. The number of nitrogens with zero attached hydrogens (tertiary/aromatic N) is 1. The molecule has 2 N–H and O–H groups in total. The molecule has 2 aromatic carbocycles. The van der Waals surface area contributed by atoms with Crippen LogP contribution in [0.5, 0.6) is 0 Å². The zero-order chi connectivity index (χ0) is 16.2. The van der Waals surface area contributed by atoms with E-state index in [9.17, 15) is 4.79 Å². The van der Waals surface area contributed by atoms with Gasteiger partial charge in [-0.2, -0.15) is 0 Å². The van der Waals surface area contributed by atoms with Gasteiger partial charge in [-0.25, -0.2) is 0 Å². The second kappa shape index (κ2) is 6.97. The first-order chi connectivity index (χ1) is 11.2. The molecule has 0 spiro atoms. The number of hydrogen-bond donors (Lipinski definition) is 1. The van der Waals surface area contributed by atoms with Crippen molar-refractivity contribution in [1.82, 2.24) is 4.90 Å². The SMILES string of the molecule is CC(C1CC1)N(Cc1ccccc1)C(=O)c1ccc(CN)cc1. The van der Waals surface area contributed by atoms with Crippen LogP contribution >= 0.6 is 0 Å². The topological polar surface area (TPSA) is 46.3 Å². The van der Waals surface area contributed by atoms with E-state index < -0.39 is 0 Å². The highest BCUT2D eigenvalue weighted by Crippen LogP contribution is 2.36. The van der Waals surface area contributed by atoms with Gasteiger partial charge in [-0.05, 0) is 48.9 Å². The highest BCUT2D eigenvalue weighted by atomic mass is 16.2. The lowest BCUT2D eigenvalue weighted by atomic mass is 10.1. The van der Waals surface area contributed by atoms with Gasteiger partial charge in [0.05, 0.1) is 0 Å². The van der Waals surface area contributed by atoms with Crippen molar-refractivity contribution < 1.29 is 4.79 Å². The summed E-state index contributed by atoms with van der Waals surface area (Å²) < 4.78 is 0. The number of rotatable bonds is 6. The van der Waals surface area contributed by atoms with E-state index >= 15 is 0 Å². The normalized spacial score (nSPS) is 15.2. The van der Waals surface area contributed by atoms with Crippen molar-refractivity contribution in [2.75, 3.05) is 0 Å². The van der Waals surface area contributed by atoms with E-state index in [0.29, 0.717) is 19.0 Å². The first kappa shape index (κ1) is 15.8. The van der Waals surface area contributed by atoms with Crippen molar-refractivity contribution in [3.05, 3.63) is 71.3 Å². The molecular formula is C20H24N2O. The molecule has 23 heavy (non-hydrogen) atoms. The van der Waals surface area contributed by atoms with Gasteiger partial charge in [-0.15, -0.1) is 0 Å². The monoisotopic (exact) mass is 308 g/mol. The van der Waals surface area contributed by atoms with Crippen molar-refractivity contribution in [2.24, 2.45) is 11.7 Å². The van der Waals surface area contributed by atoms with Crippen molar-refractivity contribution in [3.63, 3.8) is 0 Å². The summed E-state index contributed by atoms with van der Waals surface area (Å²) in [6.07, 6.45) is 2.46. The highest BCUT2D eigenvalue weighted by Gasteiger charge is 2.34. The van der Waals surface area contributed by atoms with Crippen LogP contribution < -0.4 is 5.73 Å². The van der Waals surface area contributed by atoms with E-state index in [2.05, 4.69) is 19.1 Å². The standard InChI is InChI=1S/C20H24N2O/c1-15(18-11-12-18)22(14-17-5-3-2-4-6-17)20(23)19-9-7-16(13-21)8-10-19/h2-10,15,18H,11-14,21H2,1H3. The van der Waals surface area contributed by atoms with E-state index in [1.54, 1.807) is 0 Å². The van der Waals surface area contributed by atoms with Gasteiger partial charge < -0.3 is 10.6 Å². The minimum absolute atomic E-state index is 0.108. The van der Waals surface area contributed by atoms with Gasteiger partial charge in [-0.1, -0.05) is 42.5 Å². The minimum atomic E-state index is 0.108. The molecule has 3 nitrogen and oxygen atoms in total. The third-order valence-corrected chi connectivity index (χ3v) is 4.69. The fraction of sp³-hybridized carbons (Fsp3) is 0.350. The second-order valence-electron chi connectivity index (χ2n) is 6.40. The highest BCUT2D eigenvalue weighted by molar-refractivity contribution is 5.94. The fourth-order valence-corrected chi connectivity index (χ4v) is 2.96. The van der Waals surface area contributed by atoms with Crippen molar-refractivity contribution in [3.8, 4) is 0 Å². The van der Waals surface area contributed by atoms with Crippen LogP contribution in [-0.2, 0) is 13.1 Å². The molecule has 1 unspecified atom stereocenters. The quantitative estimate of drug-likeness (QED) is 0.886. The van der Waals surface area contributed by atoms with Crippen LogP contribution in [0.25, 0.3) is 0 Å². The summed E-state index contributed by atoms with van der Waals surface area (Å²) in [7, 11) is 0. The van der Waals surface area contributed by atoms with E-state index in [0.717, 1.165) is 11.1 Å². The lowest BCUT2D eigenvalue weighted by Gasteiger charge is -2.30. The Labute approximate surface area is 138 Å². The summed E-state index contributed by atoms with van der Waals surface area (Å²) in [5.74, 6) is 0.753. The molecule has 1 fully saturated rings. The van der Waals surface area contributed by atoms with Gasteiger partial charge in [0.15, 0.2) is 0 Å². The Morgan fingerprint density at radius 1 is 1.09 bits per heavy atom. The van der Waals surface area contributed by atoms with Crippen LogP contribution in [0.3, 0.4) is 0 Å². The predicted molar refractivity (Wildman–Crippen MR) is 92.8 cm³/mol. The lowest BCUT2D eigenvalue weighted by molar-refractivity contribution is 0.0654. The van der Waals surface area contributed by atoms with Gasteiger partial charge in [0.1, 0.15) is 0 Å². The number of benzene rings is 2. The van der Waals surface area contributed by atoms with Crippen molar-refractivity contribution in [2.45, 2.75) is 38.9 Å². The number of carbonyl (C=O) groups is 1. The molecular weight excluding hydrogens is 284 g/mol. The van der Waals surface area contributed by atoms with E-state index in [-0.39, 0.29) is 11.9 Å². The average Bonchev–Trinajstić information content (AvgIpc) is 3.44. The van der Waals surface area contributed by atoms with Gasteiger partial charge in [-0.3, -0.25) is 4.79 Å². The molecule has 2 aromatic rings. The summed E-state index contributed by atoms with van der Waals surface area (Å²) in [5.41, 5.74) is 8.60. The molecule has 1 aliphatic carbocycles. The summed E-state index contributed by atoms with van der Waals surface area (Å²) in [6, 6.07) is 18.2. The van der Waals surface area contributed by atoms with Gasteiger partial charge >= 0.3 is 0 Å². The lowest BCUT2D eigenvalue weighted by Crippen LogP contribution is -2.39. The van der Waals surface area contributed by atoms with E-state index in [1.165, 1.54) is 18.4 Å². The van der Waals surface area contributed by atoms with Gasteiger partial charge in [0.25, 0.3) is 5.91 Å².